The zero-order valence-corrected chi connectivity index (χ0v) is 27.9. The van der Waals surface area contributed by atoms with E-state index in [2.05, 4.69) is 25.7 Å². The molecule has 0 aliphatic rings. The summed E-state index contributed by atoms with van der Waals surface area (Å²) in [6.45, 7) is 14.8. The predicted molar refractivity (Wildman–Crippen MR) is 173 cm³/mol. The Morgan fingerprint density at radius 3 is 2.45 bits per heavy atom. The number of fused-ring (bicyclic) bond motifs is 2. The van der Waals surface area contributed by atoms with Crippen LogP contribution in [0.1, 0.15) is 43.3 Å². The molecular weight excluding hydrogens is 576 g/mol. The van der Waals surface area contributed by atoms with Crippen molar-refractivity contribution in [2.24, 2.45) is 0 Å². The van der Waals surface area contributed by atoms with Crippen molar-refractivity contribution in [3.8, 4) is 11.8 Å². The number of nitrogens with zero attached hydrogens (tertiary/aromatic N) is 4. The van der Waals surface area contributed by atoms with Gasteiger partial charge in [0.25, 0.3) is 0 Å². The maximum atomic E-state index is 13.2. The molecular formula is C33H40N4O6Si. The fourth-order valence-electron chi connectivity index (χ4n) is 4.90. The summed E-state index contributed by atoms with van der Waals surface area (Å²) in [5.41, 5.74) is 3.39. The standard InChI is InChI=1S/C33H40N4O6Si/c1-21-16-27(40-5)29(23-12-13-36(30(21)23)32(39)43-33(2,3)4)24(18-28(38)41-6)31-35-25-11-10-22(19-34)17-26(25)37(31)20-42-14-15-44(7,8)9/h10-13,16-18H,14-15,20H2,1-9H3/b24-18+. The lowest BCUT2D eigenvalue weighted by Crippen LogP contribution is -2.26. The molecule has 0 N–H and O–H groups in total. The maximum Gasteiger partial charge on any atom is 0.419 e. The first-order valence-corrected chi connectivity index (χ1v) is 18.1. The third kappa shape index (κ3) is 7.04. The van der Waals surface area contributed by atoms with E-state index in [9.17, 15) is 14.9 Å². The number of esters is 1. The summed E-state index contributed by atoms with van der Waals surface area (Å²) in [6.07, 6.45) is 2.48. The molecule has 4 aromatic rings. The molecule has 0 saturated heterocycles. The SMILES string of the molecule is COC(=O)/C=C(\c1c(OC)cc(C)c2c1ccn2C(=O)OC(C)(C)C)c1nc2ccc(C#N)cc2n1COCC[Si](C)(C)C. The lowest BCUT2D eigenvalue weighted by atomic mass is 9.97. The van der Waals surface area contributed by atoms with Crippen LogP contribution in [-0.2, 0) is 25.7 Å². The predicted octanol–water partition coefficient (Wildman–Crippen LogP) is 6.88. The van der Waals surface area contributed by atoms with Gasteiger partial charge in [0.15, 0.2) is 0 Å². The van der Waals surface area contributed by atoms with Crippen molar-refractivity contribution in [1.82, 2.24) is 14.1 Å². The van der Waals surface area contributed by atoms with Crippen LogP contribution in [0.5, 0.6) is 5.75 Å². The smallest absolute Gasteiger partial charge is 0.419 e. The fraction of sp³-hybridized carbons (Fsp3) is 0.394. The number of methoxy groups -OCH3 is 2. The minimum atomic E-state index is -1.36. The Balaban J connectivity index is 2.00. The molecule has 10 nitrogen and oxygen atoms in total. The van der Waals surface area contributed by atoms with Crippen molar-refractivity contribution >= 4 is 47.6 Å². The fourth-order valence-corrected chi connectivity index (χ4v) is 5.65. The summed E-state index contributed by atoms with van der Waals surface area (Å²) < 4.78 is 26.1. The van der Waals surface area contributed by atoms with E-state index < -0.39 is 25.7 Å². The Kier molecular flexibility index (Phi) is 9.37. The van der Waals surface area contributed by atoms with Crippen molar-refractivity contribution in [2.75, 3.05) is 20.8 Å². The van der Waals surface area contributed by atoms with Gasteiger partial charge in [0, 0.05) is 43.5 Å². The Hall–Kier alpha value is -4.40. The van der Waals surface area contributed by atoms with Crippen molar-refractivity contribution in [1.29, 1.82) is 5.26 Å². The molecule has 0 fully saturated rings. The zero-order valence-electron chi connectivity index (χ0n) is 26.9. The van der Waals surface area contributed by atoms with Crippen molar-refractivity contribution in [2.45, 2.75) is 65.7 Å². The van der Waals surface area contributed by atoms with E-state index >= 15 is 0 Å². The molecule has 0 saturated carbocycles. The number of aromatic nitrogens is 3. The lowest BCUT2D eigenvalue weighted by Gasteiger charge is -2.21. The molecule has 0 amide bonds. The average Bonchev–Trinajstić information content (AvgIpc) is 3.55. The Bertz CT molecular complexity index is 1800. The van der Waals surface area contributed by atoms with Crippen LogP contribution >= 0.6 is 0 Å². The molecule has 44 heavy (non-hydrogen) atoms. The van der Waals surface area contributed by atoms with Crippen LogP contribution in [0.2, 0.25) is 25.7 Å². The monoisotopic (exact) mass is 616 g/mol. The second kappa shape index (κ2) is 12.7. The highest BCUT2D eigenvalue weighted by molar-refractivity contribution is 6.76. The van der Waals surface area contributed by atoms with Crippen LogP contribution in [0.3, 0.4) is 0 Å². The number of carbonyl (C=O) groups excluding carboxylic acids is 2. The van der Waals surface area contributed by atoms with Crippen LogP contribution in [0.25, 0.3) is 27.5 Å². The average molecular weight is 617 g/mol. The lowest BCUT2D eigenvalue weighted by molar-refractivity contribution is -0.134. The third-order valence-corrected chi connectivity index (χ3v) is 8.71. The van der Waals surface area contributed by atoms with Gasteiger partial charge in [-0.05, 0) is 69.6 Å². The zero-order chi connectivity index (χ0) is 32.4. The van der Waals surface area contributed by atoms with E-state index in [0.717, 1.165) is 11.6 Å². The summed E-state index contributed by atoms with van der Waals surface area (Å²) in [6, 6.07) is 12.0. The summed E-state index contributed by atoms with van der Waals surface area (Å²) in [5.74, 6) is 0.295. The third-order valence-electron chi connectivity index (χ3n) is 7.00. The molecule has 11 heteroatoms. The molecule has 2 aromatic heterocycles. The molecule has 0 spiro atoms. The molecule has 0 atom stereocenters. The molecule has 2 aromatic carbocycles. The van der Waals surface area contributed by atoms with E-state index in [0.29, 0.717) is 56.8 Å². The molecule has 0 aliphatic heterocycles. The van der Waals surface area contributed by atoms with E-state index in [1.54, 1.807) is 37.6 Å². The van der Waals surface area contributed by atoms with Gasteiger partial charge in [0.2, 0.25) is 0 Å². The highest BCUT2D eigenvalue weighted by atomic mass is 28.3. The second-order valence-corrected chi connectivity index (χ2v) is 18.4. The molecule has 232 valence electrons. The number of ether oxygens (including phenoxy) is 4. The minimum absolute atomic E-state index is 0.139. The number of carbonyl (C=O) groups is 2. The Morgan fingerprint density at radius 1 is 1.11 bits per heavy atom. The van der Waals surface area contributed by atoms with Gasteiger partial charge in [-0.15, -0.1) is 0 Å². The number of nitriles is 1. The summed E-state index contributed by atoms with van der Waals surface area (Å²) >= 11 is 0. The molecule has 0 aliphatic carbocycles. The number of hydrogen-bond acceptors (Lipinski definition) is 8. The first-order chi connectivity index (χ1) is 20.7. The van der Waals surface area contributed by atoms with Gasteiger partial charge < -0.3 is 18.9 Å². The maximum absolute atomic E-state index is 13.2. The number of benzene rings is 2. The first-order valence-electron chi connectivity index (χ1n) is 14.4. The van der Waals surface area contributed by atoms with E-state index in [-0.39, 0.29) is 6.73 Å². The van der Waals surface area contributed by atoms with Gasteiger partial charge in [-0.3, -0.25) is 9.13 Å². The normalized spacial score (nSPS) is 12.4. The van der Waals surface area contributed by atoms with Gasteiger partial charge >= 0.3 is 12.1 Å². The number of aryl methyl sites for hydroxylation is 1. The number of rotatable bonds is 9. The van der Waals surface area contributed by atoms with Gasteiger partial charge in [-0.25, -0.2) is 14.6 Å². The van der Waals surface area contributed by atoms with Crippen molar-refractivity contribution in [3.63, 3.8) is 0 Å². The highest BCUT2D eigenvalue weighted by Crippen LogP contribution is 2.40. The first kappa shape index (κ1) is 32.5. The van der Waals surface area contributed by atoms with Crippen LogP contribution in [-0.4, -0.2) is 60.7 Å². The molecule has 0 radical (unpaired) electrons. The van der Waals surface area contributed by atoms with Gasteiger partial charge in [-0.1, -0.05) is 19.6 Å². The van der Waals surface area contributed by atoms with Crippen LogP contribution in [0.4, 0.5) is 4.79 Å². The Morgan fingerprint density at radius 2 is 1.84 bits per heavy atom. The van der Waals surface area contributed by atoms with Gasteiger partial charge in [-0.2, -0.15) is 5.26 Å². The number of imidazole rings is 1. The van der Waals surface area contributed by atoms with Crippen LogP contribution in [0.15, 0.2) is 42.6 Å². The highest BCUT2D eigenvalue weighted by Gasteiger charge is 2.27. The van der Waals surface area contributed by atoms with Gasteiger partial charge in [0.1, 0.15) is 23.9 Å². The van der Waals surface area contributed by atoms with Gasteiger partial charge in [0.05, 0.1) is 42.4 Å². The molecule has 4 rings (SSSR count). The summed E-state index contributed by atoms with van der Waals surface area (Å²) in [4.78, 5) is 31.1. The van der Waals surface area contributed by atoms with Crippen LogP contribution < -0.4 is 4.74 Å². The van der Waals surface area contributed by atoms with Crippen molar-refractivity contribution in [3.05, 3.63) is 65.1 Å². The van der Waals surface area contributed by atoms with Crippen molar-refractivity contribution < 1.29 is 28.5 Å². The van der Waals surface area contributed by atoms with E-state index in [1.165, 1.54) is 17.8 Å². The van der Waals surface area contributed by atoms with Crippen LogP contribution in [0, 0.1) is 18.3 Å². The Labute approximate surface area is 258 Å². The molecule has 0 unspecified atom stereocenters. The topological polar surface area (TPSA) is 118 Å². The molecule has 0 bridgehead atoms. The van der Waals surface area contributed by atoms with E-state index in [4.69, 9.17) is 23.9 Å². The summed E-state index contributed by atoms with van der Waals surface area (Å²) in [7, 11) is 1.50. The quantitative estimate of drug-likeness (QED) is 0.0865. The minimum Gasteiger partial charge on any atom is -0.496 e. The van der Waals surface area contributed by atoms with E-state index in [1.807, 2.05) is 38.3 Å². The summed E-state index contributed by atoms with van der Waals surface area (Å²) in [5, 5.41) is 10.3. The largest absolute Gasteiger partial charge is 0.496 e. The number of hydrogen-bond donors (Lipinski definition) is 0. The second-order valence-electron chi connectivity index (χ2n) is 12.8. The molecule has 2 heterocycles.